The lowest BCUT2D eigenvalue weighted by Crippen LogP contribution is -2.54. The van der Waals surface area contributed by atoms with Gasteiger partial charge in [0, 0.05) is 89.3 Å². The molecule has 2 saturated heterocycles. The highest BCUT2D eigenvalue weighted by Crippen LogP contribution is 2.42. The van der Waals surface area contributed by atoms with Gasteiger partial charge in [-0.3, -0.25) is 39.0 Å². The second-order valence-corrected chi connectivity index (χ2v) is 16.3. The minimum atomic E-state index is -1.05. The number of aromatic nitrogens is 2. The van der Waals surface area contributed by atoms with Crippen molar-refractivity contribution < 1.29 is 56.9 Å². The number of carbonyl (C=O) groups excluding carboxylic acids is 6. The van der Waals surface area contributed by atoms with Gasteiger partial charge in [-0.25, -0.2) is 13.8 Å². The summed E-state index contributed by atoms with van der Waals surface area (Å²) >= 11 is 6.55. The van der Waals surface area contributed by atoms with Crippen molar-refractivity contribution in [1.29, 1.82) is 0 Å². The standard InChI is InChI=1S/C45H50ClF2N9O10/c1-26(58)55-14-16-56(17-15-55)41-28-25-29(46)37(38-30(47)6-4-8-33(38)59)39(48)40(28)52-45(53-41)50-12-11-35(61)54(2)18-20-66-22-24-67-23-21-65-19-13-49-31-7-3-5-27-36(31)44(64)57(43(27)63)32-9-10-34(60)51-42(32)62/h3-8,25,32,49,59H,9-24H2,1-2H3,(H,50,52,53)(H,51,60,62). The monoisotopic (exact) mass is 949 g/mol. The number of anilines is 3. The average molecular weight is 950 g/mol. The van der Waals surface area contributed by atoms with Gasteiger partial charge in [-0.05, 0) is 36.8 Å². The summed E-state index contributed by atoms with van der Waals surface area (Å²) in [5.41, 5.74) is -0.167. The van der Waals surface area contributed by atoms with Gasteiger partial charge in [-0.15, -0.1) is 0 Å². The van der Waals surface area contributed by atoms with E-state index >= 15 is 4.39 Å². The first kappa shape index (κ1) is 48.4. The van der Waals surface area contributed by atoms with Crippen LogP contribution in [-0.2, 0) is 33.4 Å². The molecule has 6 amide bonds. The molecule has 0 saturated carbocycles. The van der Waals surface area contributed by atoms with E-state index in [1.807, 2.05) is 4.90 Å². The lowest BCUT2D eigenvalue weighted by Gasteiger charge is -2.35. The van der Waals surface area contributed by atoms with Crippen molar-refractivity contribution in [1.82, 2.24) is 30.0 Å². The van der Waals surface area contributed by atoms with E-state index in [4.69, 9.17) is 25.8 Å². The minimum Gasteiger partial charge on any atom is -0.507 e. The highest BCUT2D eigenvalue weighted by atomic mass is 35.5. The van der Waals surface area contributed by atoms with Gasteiger partial charge in [0.2, 0.25) is 29.6 Å². The Morgan fingerprint density at radius 1 is 0.881 bits per heavy atom. The van der Waals surface area contributed by atoms with Crippen molar-refractivity contribution in [2.75, 3.05) is 108 Å². The molecule has 4 heterocycles. The number of nitrogens with zero attached hydrogens (tertiary/aromatic N) is 6. The molecule has 67 heavy (non-hydrogen) atoms. The minimum absolute atomic E-state index is 0.00960. The number of imide groups is 2. The van der Waals surface area contributed by atoms with Crippen LogP contribution in [0.3, 0.4) is 0 Å². The number of rotatable bonds is 20. The summed E-state index contributed by atoms with van der Waals surface area (Å²) in [6, 6.07) is 8.80. The van der Waals surface area contributed by atoms with E-state index in [1.165, 1.54) is 36.1 Å². The fourth-order valence-electron chi connectivity index (χ4n) is 7.98. The Bertz CT molecular complexity index is 2540. The fraction of sp³-hybridized carbons (Fsp3) is 0.422. The van der Waals surface area contributed by atoms with Crippen LogP contribution in [0.15, 0.2) is 42.5 Å². The molecular formula is C45H50ClF2N9O10. The molecule has 22 heteroatoms. The van der Waals surface area contributed by atoms with E-state index in [2.05, 4.69) is 25.9 Å². The molecule has 3 aromatic carbocycles. The Morgan fingerprint density at radius 2 is 1.58 bits per heavy atom. The van der Waals surface area contributed by atoms with Crippen molar-refractivity contribution in [3.8, 4) is 16.9 Å². The number of hydrogen-bond donors (Lipinski definition) is 4. The first-order valence-electron chi connectivity index (χ1n) is 21.7. The van der Waals surface area contributed by atoms with Crippen LogP contribution in [0.5, 0.6) is 5.75 Å². The number of hydrogen-bond acceptors (Lipinski definition) is 15. The number of nitrogens with one attached hydrogen (secondary N) is 3. The number of ether oxygens (including phenoxy) is 3. The summed E-state index contributed by atoms with van der Waals surface area (Å²) in [6.45, 7) is 5.44. The lowest BCUT2D eigenvalue weighted by molar-refractivity contribution is -0.136. The number of halogens is 3. The highest BCUT2D eigenvalue weighted by Gasteiger charge is 2.45. The average Bonchev–Trinajstić information content (AvgIpc) is 3.56. The van der Waals surface area contributed by atoms with Gasteiger partial charge in [0.25, 0.3) is 11.8 Å². The second-order valence-electron chi connectivity index (χ2n) is 15.9. The topological polar surface area (TPSA) is 225 Å². The van der Waals surface area contributed by atoms with E-state index in [0.717, 1.165) is 11.0 Å². The quantitative estimate of drug-likeness (QED) is 0.0736. The highest BCUT2D eigenvalue weighted by molar-refractivity contribution is 6.34. The van der Waals surface area contributed by atoms with Gasteiger partial charge >= 0.3 is 0 Å². The van der Waals surface area contributed by atoms with E-state index in [0.29, 0.717) is 57.4 Å². The second kappa shape index (κ2) is 21.8. The zero-order valence-electron chi connectivity index (χ0n) is 36.9. The maximum Gasteiger partial charge on any atom is 0.264 e. The molecular weight excluding hydrogens is 900 g/mol. The van der Waals surface area contributed by atoms with Gasteiger partial charge in [-0.2, -0.15) is 4.98 Å². The summed E-state index contributed by atoms with van der Waals surface area (Å²) in [7, 11) is 1.64. The number of piperazine rings is 1. The lowest BCUT2D eigenvalue weighted by atomic mass is 10.0. The normalized spacial score (nSPS) is 16.1. The van der Waals surface area contributed by atoms with Crippen molar-refractivity contribution in [2.24, 2.45) is 0 Å². The smallest absolute Gasteiger partial charge is 0.264 e. The third kappa shape index (κ3) is 11.0. The largest absolute Gasteiger partial charge is 0.507 e. The number of phenols is 1. The number of carbonyl (C=O) groups is 6. The van der Waals surface area contributed by atoms with E-state index < -0.39 is 52.6 Å². The van der Waals surface area contributed by atoms with Gasteiger partial charge in [0.15, 0.2) is 5.82 Å². The zero-order valence-corrected chi connectivity index (χ0v) is 37.6. The van der Waals surface area contributed by atoms with Crippen LogP contribution in [0.2, 0.25) is 5.02 Å². The third-order valence-electron chi connectivity index (χ3n) is 11.5. The number of piperidine rings is 1. The van der Waals surface area contributed by atoms with Crippen LogP contribution in [0.25, 0.3) is 22.0 Å². The van der Waals surface area contributed by atoms with Crippen LogP contribution in [0.4, 0.5) is 26.2 Å². The van der Waals surface area contributed by atoms with Crippen molar-refractivity contribution in [2.45, 2.75) is 32.2 Å². The molecule has 3 aliphatic rings. The first-order chi connectivity index (χ1) is 32.2. The number of likely N-dealkylation sites (N-methyl/N-ethyl adjacent to an activating group) is 1. The number of aromatic hydroxyl groups is 1. The van der Waals surface area contributed by atoms with E-state index in [-0.39, 0.29) is 109 Å². The van der Waals surface area contributed by atoms with Crippen molar-refractivity contribution in [3.63, 3.8) is 0 Å². The molecule has 19 nitrogen and oxygen atoms in total. The predicted octanol–water partition coefficient (Wildman–Crippen LogP) is 3.43. The number of amides is 6. The molecule has 7 rings (SSSR count). The molecule has 1 atom stereocenters. The summed E-state index contributed by atoms with van der Waals surface area (Å²) in [5, 5.41) is 18.9. The van der Waals surface area contributed by atoms with Gasteiger partial charge < -0.3 is 44.7 Å². The van der Waals surface area contributed by atoms with Crippen LogP contribution < -0.4 is 20.9 Å². The summed E-state index contributed by atoms with van der Waals surface area (Å²) in [5.74, 6) is -4.58. The SMILES string of the molecule is CC(=O)N1CCN(c2nc(NCCC(=O)N(C)CCOCCOCCOCCNc3cccc4c3C(=O)N(C3CCC(=O)NC3=O)C4=O)nc3c(F)c(-c4c(O)cccc4F)c(Cl)cc23)CC1. The van der Waals surface area contributed by atoms with Gasteiger partial charge in [0.1, 0.15) is 28.9 Å². The van der Waals surface area contributed by atoms with Crippen LogP contribution in [0, 0.1) is 11.6 Å². The molecule has 4 N–H and O–H groups in total. The zero-order chi connectivity index (χ0) is 47.8. The van der Waals surface area contributed by atoms with Crippen LogP contribution in [0.1, 0.15) is 46.9 Å². The van der Waals surface area contributed by atoms with Crippen molar-refractivity contribution >= 4 is 75.4 Å². The number of benzene rings is 3. The summed E-state index contributed by atoms with van der Waals surface area (Å²) in [6.07, 6.45) is 0.140. The van der Waals surface area contributed by atoms with E-state index in [9.17, 15) is 38.3 Å². The molecule has 0 spiro atoms. The maximum atomic E-state index is 16.4. The molecule has 4 aromatic rings. The molecule has 0 radical (unpaired) electrons. The fourth-order valence-corrected chi connectivity index (χ4v) is 8.27. The molecule has 356 valence electrons. The molecule has 2 fully saturated rings. The van der Waals surface area contributed by atoms with Crippen molar-refractivity contribution in [3.05, 3.63) is 70.2 Å². The molecule has 1 aromatic heterocycles. The Morgan fingerprint density at radius 3 is 2.28 bits per heavy atom. The van der Waals surface area contributed by atoms with E-state index in [1.54, 1.807) is 24.1 Å². The number of fused-ring (bicyclic) bond motifs is 2. The van der Waals surface area contributed by atoms with Gasteiger partial charge in [-0.1, -0.05) is 23.7 Å². The maximum absolute atomic E-state index is 16.4. The molecule has 1 unspecified atom stereocenters. The third-order valence-corrected chi connectivity index (χ3v) is 11.8. The predicted molar refractivity (Wildman–Crippen MR) is 241 cm³/mol. The number of phenolic OH excluding ortho intramolecular Hbond substituents is 1. The summed E-state index contributed by atoms with van der Waals surface area (Å²) < 4.78 is 48.2. The molecule has 3 aliphatic heterocycles. The first-order valence-corrected chi connectivity index (χ1v) is 22.1. The summed E-state index contributed by atoms with van der Waals surface area (Å²) in [4.78, 5) is 90.3. The van der Waals surface area contributed by atoms with Gasteiger partial charge in [0.05, 0.1) is 61.4 Å². The molecule has 0 aliphatic carbocycles. The van der Waals surface area contributed by atoms with Crippen LogP contribution >= 0.6 is 11.6 Å². The Kier molecular flexibility index (Phi) is 15.8. The Hall–Kier alpha value is -6.55. The Balaban J connectivity index is 0.814. The molecule has 0 bridgehead atoms. The van der Waals surface area contributed by atoms with Crippen LogP contribution in [-0.4, -0.2) is 164 Å². The Labute approximate surface area is 388 Å².